The molecule has 4 heteroatoms. The molecule has 0 aromatic heterocycles. The Morgan fingerprint density at radius 1 is 1.25 bits per heavy atom. The Balaban J connectivity index is 2.66. The van der Waals surface area contributed by atoms with Gasteiger partial charge in [-0.25, -0.2) is 0 Å². The largest absolute Gasteiger partial charge is 0.342 e. The summed E-state index contributed by atoms with van der Waals surface area (Å²) in [5.41, 5.74) is 6.84. The molecule has 0 bridgehead atoms. The molecule has 0 spiro atoms. The number of amides is 1. The van der Waals surface area contributed by atoms with Gasteiger partial charge in [0.2, 0.25) is 0 Å². The van der Waals surface area contributed by atoms with Gasteiger partial charge in [-0.3, -0.25) is 4.79 Å². The van der Waals surface area contributed by atoms with Crippen molar-refractivity contribution in [2.24, 2.45) is 5.73 Å². The molecule has 0 aliphatic carbocycles. The van der Waals surface area contributed by atoms with Crippen molar-refractivity contribution >= 4 is 5.91 Å². The van der Waals surface area contributed by atoms with Gasteiger partial charge in [0.25, 0.3) is 5.91 Å². The summed E-state index contributed by atoms with van der Waals surface area (Å²) in [4.78, 5) is 16.1. The van der Waals surface area contributed by atoms with Gasteiger partial charge in [-0.05, 0) is 45.3 Å². The first-order valence-corrected chi connectivity index (χ1v) is 6.73. The molecule has 1 aromatic rings. The smallest absolute Gasteiger partial charge is 0.253 e. The molecule has 0 saturated heterocycles. The summed E-state index contributed by atoms with van der Waals surface area (Å²) in [6.07, 6.45) is 0.960. The molecule has 1 aromatic carbocycles. The molecular formula is C16H23N3O. The number of carbonyl (C=O) groups is 1. The minimum absolute atomic E-state index is 0.0279. The van der Waals surface area contributed by atoms with Gasteiger partial charge in [-0.2, -0.15) is 0 Å². The lowest BCUT2D eigenvalue weighted by Gasteiger charge is -2.18. The van der Waals surface area contributed by atoms with Crippen molar-refractivity contribution in [1.29, 1.82) is 0 Å². The zero-order valence-electron chi connectivity index (χ0n) is 12.5. The molecule has 0 aliphatic rings. The predicted molar refractivity (Wildman–Crippen MR) is 82.5 cm³/mol. The van der Waals surface area contributed by atoms with Crippen LogP contribution >= 0.6 is 0 Å². The summed E-state index contributed by atoms with van der Waals surface area (Å²) in [6, 6.07) is 7.36. The third-order valence-electron chi connectivity index (χ3n) is 2.89. The molecule has 0 aliphatic heterocycles. The minimum atomic E-state index is 0.0279. The van der Waals surface area contributed by atoms with E-state index in [-0.39, 0.29) is 5.91 Å². The normalized spacial score (nSPS) is 10.1. The van der Waals surface area contributed by atoms with Crippen LogP contribution in [0.15, 0.2) is 24.3 Å². The molecule has 0 saturated carbocycles. The van der Waals surface area contributed by atoms with Crippen LogP contribution < -0.4 is 5.73 Å². The zero-order valence-corrected chi connectivity index (χ0v) is 12.5. The third-order valence-corrected chi connectivity index (χ3v) is 2.89. The molecule has 0 radical (unpaired) electrons. The van der Waals surface area contributed by atoms with Gasteiger partial charge < -0.3 is 15.5 Å². The number of hydrogen-bond acceptors (Lipinski definition) is 3. The fourth-order valence-corrected chi connectivity index (χ4v) is 1.83. The summed E-state index contributed by atoms with van der Waals surface area (Å²) in [5.74, 6) is 5.77. The van der Waals surface area contributed by atoms with Gasteiger partial charge in [0.15, 0.2) is 0 Å². The third kappa shape index (κ3) is 5.43. The number of carbonyl (C=O) groups excluding carboxylic acids is 1. The van der Waals surface area contributed by atoms with Crippen molar-refractivity contribution in [3.05, 3.63) is 35.4 Å². The maximum atomic E-state index is 12.3. The standard InChI is InChI=1S/C16H23N3O/c1-18(2)11-6-12-19(3)16(20)15-9-4-7-14(13-15)8-5-10-17/h4,7,9,13H,6,10-12,17H2,1-3H3. The maximum absolute atomic E-state index is 12.3. The predicted octanol–water partition coefficient (Wildman–Crippen LogP) is 1.02. The highest BCUT2D eigenvalue weighted by atomic mass is 16.2. The van der Waals surface area contributed by atoms with E-state index in [0.717, 1.165) is 25.1 Å². The molecule has 1 rings (SSSR count). The van der Waals surface area contributed by atoms with E-state index in [1.807, 2.05) is 45.4 Å². The molecular weight excluding hydrogens is 250 g/mol. The number of benzene rings is 1. The van der Waals surface area contributed by atoms with Crippen LogP contribution in [0.2, 0.25) is 0 Å². The Hall–Kier alpha value is -1.83. The van der Waals surface area contributed by atoms with E-state index in [1.165, 1.54) is 0 Å². The van der Waals surface area contributed by atoms with Gasteiger partial charge in [-0.15, -0.1) is 0 Å². The van der Waals surface area contributed by atoms with Crippen LogP contribution in [-0.2, 0) is 0 Å². The Morgan fingerprint density at radius 3 is 2.65 bits per heavy atom. The number of hydrogen-bond donors (Lipinski definition) is 1. The molecule has 0 atom stereocenters. The lowest BCUT2D eigenvalue weighted by molar-refractivity contribution is 0.0790. The van der Waals surface area contributed by atoms with Gasteiger partial charge in [0, 0.05) is 24.7 Å². The van der Waals surface area contributed by atoms with E-state index < -0.39 is 0 Å². The average molecular weight is 273 g/mol. The Kier molecular flexibility index (Phi) is 6.78. The van der Waals surface area contributed by atoms with Crippen molar-refractivity contribution in [2.75, 3.05) is 40.8 Å². The van der Waals surface area contributed by atoms with E-state index in [2.05, 4.69) is 16.7 Å². The van der Waals surface area contributed by atoms with Crippen LogP contribution in [0.1, 0.15) is 22.3 Å². The monoisotopic (exact) mass is 273 g/mol. The van der Waals surface area contributed by atoms with Crippen LogP contribution in [0.25, 0.3) is 0 Å². The fourth-order valence-electron chi connectivity index (χ4n) is 1.83. The van der Waals surface area contributed by atoms with Crippen LogP contribution in [-0.4, -0.2) is 56.5 Å². The molecule has 2 N–H and O–H groups in total. The molecule has 20 heavy (non-hydrogen) atoms. The highest BCUT2D eigenvalue weighted by Crippen LogP contribution is 2.07. The maximum Gasteiger partial charge on any atom is 0.253 e. The summed E-state index contributed by atoms with van der Waals surface area (Å²) < 4.78 is 0. The average Bonchev–Trinajstić information content (AvgIpc) is 2.44. The Bertz CT molecular complexity index is 500. The fraction of sp³-hybridized carbons (Fsp3) is 0.438. The minimum Gasteiger partial charge on any atom is -0.342 e. The number of nitrogens with two attached hydrogens (primary N) is 1. The van der Waals surface area contributed by atoms with Crippen LogP contribution in [0.5, 0.6) is 0 Å². The van der Waals surface area contributed by atoms with Crippen LogP contribution in [0.4, 0.5) is 0 Å². The first-order chi connectivity index (χ1) is 9.54. The first-order valence-electron chi connectivity index (χ1n) is 6.73. The summed E-state index contributed by atoms with van der Waals surface area (Å²) in [6.45, 7) is 2.04. The topological polar surface area (TPSA) is 49.6 Å². The van der Waals surface area contributed by atoms with Crippen molar-refractivity contribution in [1.82, 2.24) is 9.80 Å². The molecule has 0 fully saturated rings. The second-order valence-corrected chi connectivity index (χ2v) is 4.97. The van der Waals surface area contributed by atoms with Crippen molar-refractivity contribution in [2.45, 2.75) is 6.42 Å². The van der Waals surface area contributed by atoms with Crippen molar-refractivity contribution < 1.29 is 4.79 Å². The van der Waals surface area contributed by atoms with Crippen LogP contribution in [0.3, 0.4) is 0 Å². The molecule has 0 heterocycles. The van der Waals surface area contributed by atoms with E-state index in [4.69, 9.17) is 5.73 Å². The summed E-state index contributed by atoms with van der Waals surface area (Å²) >= 11 is 0. The van der Waals surface area contributed by atoms with Crippen molar-refractivity contribution in [3.63, 3.8) is 0 Å². The summed E-state index contributed by atoms with van der Waals surface area (Å²) in [7, 11) is 5.89. The Morgan fingerprint density at radius 2 is 2.00 bits per heavy atom. The van der Waals surface area contributed by atoms with E-state index >= 15 is 0 Å². The Labute approximate surface area is 121 Å². The lowest BCUT2D eigenvalue weighted by Crippen LogP contribution is -2.29. The quantitative estimate of drug-likeness (QED) is 0.815. The van der Waals surface area contributed by atoms with Gasteiger partial charge in [-0.1, -0.05) is 17.9 Å². The van der Waals surface area contributed by atoms with E-state index in [0.29, 0.717) is 12.1 Å². The first kappa shape index (κ1) is 16.2. The SMILES string of the molecule is CN(C)CCCN(C)C(=O)c1cccc(C#CCN)c1. The summed E-state index contributed by atoms with van der Waals surface area (Å²) in [5, 5.41) is 0. The van der Waals surface area contributed by atoms with E-state index in [9.17, 15) is 4.79 Å². The zero-order chi connectivity index (χ0) is 15.0. The number of rotatable bonds is 5. The van der Waals surface area contributed by atoms with Gasteiger partial charge in [0.05, 0.1) is 6.54 Å². The van der Waals surface area contributed by atoms with Crippen LogP contribution in [0, 0.1) is 11.8 Å². The van der Waals surface area contributed by atoms with E-state index in [1.54, 1.807) is 4.90 Å². The second kappa shape index (κ2) is 8.36. The lowest BCUT2D eigenvalue weighted by atomic mass is 10.1. The second-order valence-electron chi connectivity index (χ2n) is 4.97. The van der Waals surface area contributed by atoms with Gasteiger partial charge in [0.1, 0.15) is 0 Å². The van der Waals surface area contributed by atoms with Crippen molar-refractivity contribution in [3.8, 4) is 11.8 Å². The molecule has 108 valence electrons. The highest BCUT2D eigenvalue weighted by Gasteiger charge is 2.11. The van der Waals surface area contributed by atoms with Gasteiger partial charge >= 0.3 is 0 Å². The molecule has 4 nitrogen and oxygen atoms in total. The number of nitrogens with zero attached hydrogens (tertiary/aromatic N) is 2. The molecule has 1 amide bonds. The molecule has 0 unspecified atom stereocenters. The highest BCUT2D eigenvalue weighted by molar-refractivity contribution is 5.94.